The molecule has 0 spiro atoms. The summed E-state index contributed by atoms with van der Waals surface area (Å²) in [6, 6.07) is 8.25. The average Bonchev–Trinajstić information content (AvgIpc) is 2.40. The normalized spacial score (nSPS) is 11.0. The third kappa shape index (κ3) is 2.21. The predicted octanol–water partition coefficient (Wildman–Crippen LogP) is 4.88. The molecule has 2 nitrogen and oxygen atoms in total. The number of nitrogens with zero attached hydrogens (tertiary/aromatic N) is 2. The van der Waals surface area contributed by atoms with Crippen molar-refractivity contribution < 1.29 is 8.78 Å². The first-order valence-corrected chi connectivity index (χ1v) is 6.39. The van der Waals surface area contributed by atoms with E-state index in [1.807, 2.05) is 0 Å². The van der Waals surface area contributed by atoms with Gasteiger partial charge in [0, 0.05) is 11.5 Å². The maximum Gasteiger partial charge on any atom is 0.164 e. The van der Waals surface area contributed by atoms with Crippen molar-refractivity contribution >= 4 is 34.1 Å². The number of fused-ring (bicyclic) bond motifs is 1. The zero-order valence-electron chi connectivity index (χ0n) is 9.87. The smallest absolute Gasteiger partial charge is 0.164 e. The fourth-order valence-corrected chi connectivity index (χ4v) is 2.32. The molecule has 0 saturated heterocycles. The molecule has 2 aromatic carbocycles. The molecule has 0 amide bonds. The van der Waals surface area contributed by atoms with Gasteiger partial charge in [0.25, 0.3) is 0 Å². The van der Waals surface area contributed by atoms with E-state index in [9.17, 15) is 8.78 Å². The van der Waals surface area contributed by atoms with Crippen LogP contribution in [-0.2, 0) is 0 Å². The Morgan fingerprint density at radius 2 is 1.75 bits per heavy atom. The van der Waals surface area contributed by atoms with Crippen molar-refractivity contribution in [2.45, 2.75) is 0 Å². The minimum Gasteiger partial charge on any atom is -0.226 e. The van der Waals surface area contributed by atoms with Crippen LogP contribution in [0.25, 0.3) is 22.3 Å². The minimum atomic E-state index is -0.757. The molecule has 0 atom stereocenters. The predicted molar refractivity (Wildman–Crippen MR) is 74.9 cm³/mol. The van der Waals surface area contributed by atoms with E-state index in [2.05, 4.69) is 9.97 Å². The third-order valence-electron chi connectivity index (χ3n) is 2.80. The van der Waals surface area contributed by atoms with E-state index in [4.69, 9.17) is 23.2 Å². The quantitative estimate of drug-likeness (QED) is 0.598. The summed E-state index contributed by atoms with van der Waals surface area (Å²) >= 11 is 12.1. The topological polar surface area (TPSA) is 25.8 Å². The molecule has 0 saturated carbocycles. The van der Waals surface area contributed by atoms with Crippen molar-refractivity contribution in [2.75, 3.05) is 0 Å². The zero-order valence-corrected chi connectivity index (χ0v) is 11.4. The van der Waals surface area contributed by atoms with Crippen molar-refractivity contribution in [1.82, 2.24) is 9.97 Å². The van der Waals surface area contributed by atoms with E-state index in [1.54, 1.807) is 18.2 Å². The number of para-hydroxylation sites is 1. The molecule has 0 radical (unpaired) electrons. The molecule has 3 rings (SSSR count). The molecule has 6 heteroatoms. The Balaban J connectivity index is 2.29. The molecule has 1 aromatic heterocycles. The van der Waals surface area contributed by atoms with E-state index in [0.717, 1.165) is 12.1 Å². The standard InChI is InChI=1S/C14H6Cl2F2N2/c15-10-3-1-2-9-12(10)19-14(20-13(9)16)8-5-4-7(17)6-11(8)18/h1-6H. The summed E-state index contributed by atoms with van der Waals surface area (Å²) in [4.78, 5) is 8.24. The van der Waals surface area contributed by atoms with Crippen molar-refractivity contribution in [2.24, 2.45) is 0 Å². The van der Waals surface area contributed by atoms with Crippen LogP contribution in [0.15, 0.2) is 36.4 Å². The van der Waals surface area contributed by atoms with Crippen molar-refractivity contribution in [3.63, 3.8) is 0 Å². The van der Waals surface area contributed by atoms with Gasteiger partial charge >= 0.3 is 0 Å². The highest BCUT2D eigenvalue weighted by molar-refractivity contribution is 6.38. The number of halogens is 4. The Kier molecular flexibility index (Phi) is 3.28. The summed E-state index contributed by atoms with van der Waals surface area (Å²) in [7, 11) is 0. The monoisotopic (exact) mass is 310 g/mol. The fourth-order valence-electron chi connectivity index (χ4n) is 1.87. The second-order valence-electron chi connectivity index (χ2n) is 4.10. The third-order valence-corrected chi connectivity index (χ3v) is 3.40. The van der Waals surface area contributed by atoms with Gasteiger partial charge in [0.05, 0.1) is 16.1 Å². The van der Waals surface area contributed by atoms with Crippen LogP contribution in [0.2, 0.25) is 10.2 Å². The number of rotatable bonds is 1. The molecule has 0 N–H and O–H groups in total. The number of hydrogen-bond acceptors (Lipinski definition) is 2. The van der Waals surface area contributed by atoms with Crippen LogP contribution in [0.1, 0.15) is 0 Å². The Morgan fingerprint density at radius 3 is 2.50 bits per heavy atom. The molecule has 0 aliphatic rings. The summed E-state index contributed by atoms with van der Waals surface area (Å²) in [5, 5.41) is 1.12. The summed E-state index contributed by atoms with van der Waals surface area (Å²) in [6.07, 6.45) is 0. The SMILES string of the molecule is Fc1ccc(-c2nc(Cl)c3cccc(Cl)c3n2)c(F)c1. The molecule has 0 bridgehead atoms. The van der Waals surface area contributed by atoms with Crippen molar-refractivity contribution in [1.29, 1.82) is 0 Å². The first-order valence-electron chi connectivity index (χ1n) is 5.63. The van der Waals surface area contributed by atoms with Gasteiger partial charge in [-0.2, -0.15) is 0 Å². The molecule has 0 aliphatic heterocycles. The lowest BCUT2D eigenvalue weighted by molar-refractivity contribution is 0.585. The average molecular weight is 311 g/mol. The van der Waals surface area contributed by atoms with Gasteiger partial charge in [-0.1, -0.05) is 29.3 Å². The van der Waals surface area contributed by atoms with Crippen LogP contribution in [0.3, 0.4) is 0 Å². The second kappa shape index (κ2) is 4.96. The first-order chi connectivity index (χ1) is 9.56. The number of hydrogen-bond donors (Lipinski definition) is 0. The van der Waals surface area contributed by atoms with E-state index in [1.165, 1.54) is 6.07 Å². The van der Waals surface area contributed by atoms with Crippen LogP contribution in [0.5, 0.6) is 0 Å². The van der Waals surface area contributed by atoms with Crippen LogP contribution in [0.4, 0.5) is 8.78 Å². The van der Waals surface area contributed by atoms with Crippen molar-refractivity contribution in [3.8, 4) is 11.4 Å². The Labute approximate surface area is 123 Å². The Hall–Kier alpha value is -1.78. The molecule has 0 unspecified atom stereocenters. The molecule has 100 valence electrons. The lowest BCUT2D eigenvalue weighted by atomic mass is 10.1. The second-order valence-corrected chi connectivity index (χ2v) is 4.86. The van der Waals surface area contributed by atoms with Gasteiger partial charge in [-0.25, -0.2) is 18.7 Å². The van der Waals surface area contributed by atoms with Crippen LogP contribution >= 0.6 is 23.2 Å². The highest BCUT2D eigenvalue weighted by Gasteiger charge is 2.13. The maximum absolute atomic E-state index is 13.8. The molecular weight excluding hydrogens is 305 g/mol. The minimum absolute atomic E-state index is 0.0631. The number of benzene rings is 2. The summed E-state index contributed by atoms with van der Waals surface area (Å²) in [6.45, 7) is 0. The van der Waals surface area contributed by atoms with Crippen LogP contribution < -0.4 is 0 Å². The lowest BCUT2D eigenvalue weighted by Crippen LogP contribution is -1.95. The highest BCUT2D eigenvalue weighted by Crippen LogP contribution is 2.30. The number of aromatic nitrogens is 2. The van der Waals surface area contributed by atoms with Gasteiger partial charge in [-0.15, -0.1) is 0 Å². The molecule has 0 fully saturated rings. The molecule has 3 aromatic rings. The van der Waals surface area contributed by atoms with Crippen LogP contribution in [0, 0.1) is 11.6 Å². The maximum atomic E-state index is 13.8. The van der Waals surface area contributed by atoms with Gasteiger partial charge in [0.1, 0.15) is 16.8 Å². The van der Waals surface area contributed by atoms with Gasteiger partial charge in [0.2, 0.25) is 0 Å². The molecule has 1 heterocycles. The zero-order chi connectivity index (χ0) is 14.3. The van der Waals surface area contributed by atoms with Gasteiger partial charge < -0.3 is 0 Å². The van der Waals surface area contributed by atoms with Gasteiger partial charge in [-0.3, -0.25) is 0 Å². The van der Waals surface area contributed by atoms with Crippen LogP contribution in [-0.4, -0.2) is 9.97 Å². The van der Waals surface area contributed by atoms with E-state index in [-0.39, 0.29) is 16.5 Å². The summed E-state index contributed by atoms with van der Waals surface area (Å²) < 4.78 is 26.7. The van der Waals surface area contributed by atoms with Gasteiger partial charge in [-0.05, 0) is 24.3 Å². The Bertz CT molecular complexity index is 822. The summed E-state index contributed by atoms with van der Waals surface area (Å²) in [5.74, 6) is -1.36. The van der Waals surface area contributed by atoms with Gasteiger partial charge in [0.15, 0.2) is 5.82 Å². The first kappa shape index (κ1) is 13.2. The van der Waals surface area contributed by atoms with E-state index < -0.39 is 11.6 Å². The van der Waals surface area contributed by atoms with E-state index >= 15 is 0 Å². The largest absolute Gasteiger partial charge is 0.226 e. The Morgan fingerprint density at radius 1 is 0.950 bits per heavy atom. The van der Waals surface area contributed by atoms with Crippen molar-refractivity contribution in [3.05, 3.63) is 58.2 Å². The lowest BCUT2D eigenvalue weighted by Gasteiger charge is -2.06. The molecule has 0 aliphatic carbocycles. The molecular formula is C14H6Cl2F2N2. The van der Waals surface area contributed by atoms with E-state index in [0.29, 0.717) is 15.9 Å². The molecule has 20 heavy (non-hydrogen) atoms. The summed E-state index contributed by atoms with van der Waals surface area (Å²) in [5.41, 5.74) is 0.489. The fraction of sp³-hybridized carbons (Fsp3) is 0. The highest BCUT2D eigenvalue weighted by atomic mass is 35.5.